The first-order valence-electron chi connectivity index (χ1n) is 6.42. The summed E-state index contributed by atoms with van der Waals surface area (Å²) in [4.78, 5) is 23.4. The highest BCUT2D eigenvalue weighted by Crippen LogP contribution is 2.09. The van der Waals surface area contributed by atoms with Gasteiger partial charge in [-0.05, 0) is 36.8 Å². The largest absolute Gasteiger partial charge is 0.326 e. The van der Waals surface area contributed by atoms with Crippen molar-refractivity contribution in [3.8, 4) is 6.07 Å². The number of hydrogen-bond acceptors (Lipinski definition) is 4. The second-order valence-corrected chi connectivity index (χ2v) is 4.58. The van der Waals surface area contributed by atoms with Gasteiger partial charge in [-0.25, -0.2) is 4.68 Å². The van der Waals surface area contributed by atoms with E-state index in [1.807, 2.05) is 6.07 Å². The van der Waals surface area contributed by atoms with Crippen LogP contribution in [0.1, 0.15) is 17.5 Å². The zero-order valence-corrected chi connectivity index (χ0v) is 11.5. The molecule has 1 aromatic carbocycles. The van der Waals surface area contributed by atoms with Gasteiger partial charge in [0.1, 0.15) is 0 Å². The molecule has 0 aliphatic heterocycles. The SMILES string of the molecule is Cc1cnn(CCC(=O)Nc2ccc(C#N)cc2)c(=O)c1. The number of nitriles is 1. The lowest BCUT2D eigenvalue weighted by Crippen LogP contribution is -2.25. The van der Waals surface area contributed by atoms with Gasteiger partial charge in [-0.1, -0.05) is 0 Å². The van der Waals surface area contributed by atoms with Crippen LogP contribution in [0.4, 0.5) is 5.69 Å². The number of hydrogen-bond donors (Lipinski definition) is 1. The maximum Gasteiger partial charge on any atom is 0.266 e. The van der Waals surface area contributed by atoms with Gasteiger partial charge in [-0.15, -0.1) is 0 Å². The maximum atomic E-state index is 11.8. The molecular weight excluding hydrogens is 268 g/mol. The number of carbonyl (C=O) groups excluding carboxylic acids is 1. The third-order valence-electron chi connectivity index (χ3n) is 2.85. The Morgan fingerprint density at radius 1 is 1.38 bits per heavy atom. The topological polar surface area (TPSA) is 87.8 Å². The smallest absolute Gasteiger partial charge is 0.266 e. The number of benzene rings is 1. The van der Waals surface area contributed by atoms with Crippen molar-refractivity contribution in [2.75, 3.05) is 5.32 Å². The summed E-state index contributed by atoms with van der Waals surface area (Å²) in [7, 11) is 0. The number of carbonyl (C=O) groups is 1. The molecule has 21 heavy (non-hydrogen) atoms. The summed E-state index contributed by atoms with van der Waals surface area (Å²) in [6.45, 7) is 2.01. The molecule has 1 heterocycles. The van der Waals surface area contributed by atoms with Crippen molar-refractivity contribution < 1.29 is 4.79 Å². The number of nitrogens with zero attached hydrogens (tertiary/aromatic N) is 3. The minimum Gasteiger partial charge on any atom is -0.326 e. The number of anilines is 1. The van der Waals surface area contributed by atoms with Crippen LogP contribution in [-0.2, 0) is 11.3 Å². The second-order valence-electron chi connectivity index (χ2n) is 4.58. The molecule has 0 atom stereocenters. The lowest BCUT2D eigenvalue weighted by atomic mass is 10.2. The molecule has 1 aromatic heterocycles. The van der Waals surface area contributed by atoms with Gasteiger partial charge in [0.15, 0.2) is 0 Å². The van der Waals surface area contributed by atoms with Crippen molar-refractivity contribution in [3.05, 3.63) is 58.0 Å². The first kappa shape index (κ1) is 14.5. The molecule has 1 amide bonds. The number of nitrogens with one attached hydrogen (secondary N) is 1. The Balaban J connectivity index is 1.92. The molecule has 0 fully saturated rings. The predicted molar refractivity (Wildman–Crippen MR) is 77.6 cm³/mol. The average Bonchev–Trinajstić information content (AvgIpc) is 2.47. The normalized spacial score (nSPS) is 9.90. The Bertz CT molecular complexity index is 742. The summed E-state index contributed by atoms with van der Waals surface area (Å²) in [6.07, 6.45) is 1.73. The number of aryl methyl sites for hydroxylation is 2. The van der Waals surface area contributed by atoms with Gasteiger partial charge in [0.05, 0.1) is 24.4 Å². The van der Waals surface area contributed by atoms with Gasteiger partial charge < -0.3 is 5.32 Å². The number of rotatable bonds is 4. The first-order chi connectivity index (χ1) is 10.1. The van der Waals surface area contributed by atoms with Crippen molar-refractivity contribution in [1.29, 1.82) is 5.26 Å². The van der Waals surface area contributed by atoms with Crippen LogP contribution in [0.15, 0.2) is 41.3 Å². The lowest BCUT2D eigenvalue weighted by molar-refractivity contribution is -0.116. The third-order valence-corrected chi connectivity index (χ3v) is 2.85. The van der Waals surface area contributed by atoms with Crippen molar-refractivity contribution in [2.45, 2.75) is 19.9 Å². The maximum absolute atomic E-state index is 11.8. The molecular formula is C15H14N4O2. The van der Waals surface area contributed by atoms with E-state index in [0.717, 1.165) is 5.56 Å². The molecule has 0 aliphatic rings. The lowest BCUT2D eigenvalue weighted by Gasteiger charge is -2.06. The fourth-order valence-corrected chi connectivity index (χ4v) is 1.75. The van der Waals surface area contributed by atoms with Gasteiger partial charge in [0.25, 0.3) is 5.56 Å². The van der Waals surface area contributed by atoms with E-state index in [9.17, 15) is 9.59 Å². The van der Waals surface area contributed by atoms with Crippen molar-refractivity contribution in [3.63, 3.8) is 0 Å². The van der Waals surface area contributed by atoms with Crippen LogP contribution in [-0.4, -0.2) is 15.7 Å². The first-order valence-corrected chi connectivity index (χ1v) is 6.42. The van der Waals surface area contributed by atoms with Gasteiger partial charge in [-0.3, -0.25) is 9.59 Å². The molecule has 2 rings (SSSR count). The zero-order chi connectivity index (χ0) is 15.2. The van der Waals surface area contributed by atoms with E-state index in [0.29, 0.717) is 11.3 Å². The van der Waals surface area contributed by atoms with E-state index in [1.54, 1.807) is 37.4 Å². The standard InChI is InChI=1S/C15H14N4O2/c1-11-8-15(21)19(17-10-11)7-6-14(20)18-13-4-2-12(9-16)3-5-13/h2-5,8,10H,6-7H2,1H3,(H,18,20). The minimum atomic E-state index is -0.221. The molecule has 0 bridgehead atoms. The van der Waals surface area contributed by atoms with Gasteiger partial charge in [0, 0.05) is 18.2 Å². The third kappa shape index (κ3) is 4.01. The van der Waals surface area contributed by atoms with E-state index in [1.165, 1.54) is 10.7 Å². The summed E-state index contributed by atoms with van der Waals surface area (Å²) in [5, 5.41) is 15.4. The summed E-state index contributed by atoms with van der Waals surface area (Å²) in [5.41, 5.74) is 1.71. The zero-order valence-electron chi connectivity index (χ0n) is 11.5. The summed E-state index contributed by atoms with van der Waals surface area (Å²) in [6, 6.07) is 10.1. The van der Waals surface area contributed by atoms with Crippen LogP contribution in [0.3, 0.4) is 0 Å². The molecule has 6 heteroatoms. The van der Waals surface area contributed by atoms with E-state index >= 15 is 0 Å². The Labute approximate surface area is 121 Å². The second kappa shape index (κ2) is 6.48. The molecule has 1 N–H and O–H groups in total. The molecule has 0 unspecified atom stereocenters. The quantitative estimate of drug-likeness (QED) is 0.919. The van der Waals surface area contributed by atoms with Crippen LogP contribution in [0.25, 0.3) is 0 Å². The molecule has 0 aliphatic carbocycles. The predicted octanol–water partition coefficient (Wildman–Crippen LogP) is 1.45. The van der Waals surface area contributed by atoms with Crippen molar-refractivity contribution in [1.82, 2.24) is 9.78 Å². The highest BCUT2D eigenvalue weighted by molar-refractivity contribution is 5.90. The van der Waals surface area contributed by atoms with E-state index in [2.05, 4.69) is 10.4 Å². The van der Waals surface area contributed by atoms with Crippen LogP contribution in [0.2, 0.25) is 0 Å². The molecule has 2 aromatic rings. The Hall–Kier alpha value is -2.94. The van der Waals surface area contributed by atoms with Crippen molar-refractivity contribution >= 4 is 11.6 Å². The Morgan fingerprint density at radius 3 is 2.71 bits per heavy atom. The summed E-state index contributed by atoms with van der Waals surface area (Å²) < 4.78 is 1.26. The Kier molecular flexibility index (Phi) is 4.46. The van der Waals surface area contributed by atoms with Crippen molar-refractivity contribution in [2.24, 2.45) is 0 Å². The molecule has 0 radical (unpaired) electrons. The van der Waals surface area contributed by atoms with Crippen LogP contribution >= 0.6 is 0 Å². The summed E-state index contributed by atoms with van der Waals surface area (Å²) >= 11 is 0. The highest BCUT2D eigenvalue weighted by atomic mass is 16.2. The molecule has 0 spiro atoms. The number of amides is 1. The van der Waals surface area contributed by atoms with Gasteiger partial charge in [0.2, 0.25) is 5.91 Å². The van der Waals surface area contributed by atoms with Crippen LogP contribution in [0, 0.1) is 18.3 Å². The van der Waals surface area contributed by atoms with E-state index in [-0.39, 0.29) is 24.4 Å². The highest BCUT2D eigenvalue weighted by Gasteiger charge is 2.05. The van der Waals surface area contributed by atoms with Crippen LogP contribution < -0.4 is 10.9 Å². The molecule has 0 saturated heterocycles. The average molecular weight is 282 g/mol. The van der Waals surface area contributed by atoms with Crippen LogP contribution in [0.5, 0.6) is 0 Å². The van der Waals surface area contributed by atoms with E-state index in [4.69, 9.17) is 5.26 Å². The molecule has 106 valence electrons. The number of aromatic nitrogens is 2. The fourth-order valence-electron chi connectivity index (χ4n) is 1.75. The fraction of sp³-hybridized carbons (Fsp3) is 0.200. The molecule has 6 nitrogen and oxygen atoms in total. The summed E-state index contributed by atoms with van der Waals surface area (Å²) in [5.74, 6) is -0.214. The Morgan fingerprint density at radius 2 is 2.10 bits per heavy atom. The van der Waals surface area contributed by atoms with Gasteiger partial charge >= 0.3 is 0 Å². The minimum absolute atomic E-state index is 0.149. The monoisotopic (exact) mass is 282 g/mol. The molecule has 0 saturated carbocycles. The van der Waals surface area contributed by atoms with Gasteiger partial charge in [-0.2, -0.15) is 10.4 Å². The van der Waals surface area contributed by atoms with E-state index < -0.39 is 0 Å².